The Labute approximate surface area is 93.6 Å². The summed E-state index contributed by atoms with van der Waals surface area (Å²) in [7, 11) is 0. The molecule has 1 heterocycles. The van der Waals surface area contributed by atoms with E-state index in [2.05, 4.69) is 0 Å². The van der Waals surface area contributed by atoms with Gasteiger partial charge in [0.15, 0.2) is 5.76 Å². The van der Waals surface area contributed by atoms with Gasteiger partial charge in [0.2, 0.25) is 5.78 Å². The standard InChI is InChI=1S/C14H12O2/c15-14(10-5-1-2-6-10)13-9-11-7-3-4-8-12(11)16-13/h3-5,7-9H,1-2,6H2. The average molecular weight is 212 g/mol. The number of para-hydroxylation sites is 1. The van der Waals surface area contributed by atoms with Gasteiger partial charge < -0.3 is 4.42 Å². The molecule has 0 amide bonds. The molecule has 0 bridgehead atoms. The van der Waals surface area contributed by atoms with Gasteiger partial charge >= 0.3 is 0 Å². The van der Waals surface area contributed by atoms with Crippen molar-refractivity contribution in [3.05, 3.63) is 47.7 Å². The van der Waals surface area contributed by atoms with Crippen LogP contribution in [0.15, 0.2) is 46.4 Å². The molecule has 0 atom stereocenters. The molecule has 16 heavy (non-hydrogen) atoms. The van der Waals surface area contributed by atoms with E-state index in [4.69, 9.17) is 4.42 Å². The Morgan fingerprint density at radius 1 is 1.25 bits per heavy atom. The molecule has 0 aliphatic heterocycles. The molecule has 1 aromatic heterocycles. The van der Waals surface area contributed by atoms with Crippen LogP contribution in [0.25, 0.3) is 11.0 Å². The van der Waals surface area contributed by atoms with Gasteiger partial charge in [-0.15, -0.1) is 0 Å². The molecule has 2 aromatic rings. The Kier molecular flexibility index (Phi) is 2.13. The SMILES string of the molecule is O=C(C1=CCCC1)c1cc2ccccc2o1. The number of fused-ring (bicyclic) bond motifs is 1. The molecule has 0 radical (unpaired) electrons. The van der Waals surface area contributed by atoms with E-state index in [0.717, 1.165) is 35.8 Å². The zero-order valence-corrected chi connectivity index (χ0v) is 8.90. The molecule has 1 aromatic carbocycles. The first-order valence-electron chi connectivity index (χ1n) is 5.57. The molecule has 2 heteroatoms. The Hall–Kier alpha value is -1.83. The minimum atomic E-state index is 0.0497. The maximum Gasteiger partial charge on any atom is 0.223 e. The van der Waals surface area contributed by atoms with Gasteiger partial charge in [-0.2, -0.15) is 0 Å². The summed E-state index contributed by atoms with van der Waals surface area (Å²) in [6, 6.07) is 9.53. The van der Waals surface area contributed by atoms with Crippen LogP contribution in [0.3, 0.4) is 0 Å². The van der Waals surface area contributed by atoms with E-state index in [0.29, 0.717) is 5.76 Å². The van der Waals surface area contributed by atoms with Crippen LogP contribution in [0.5, 0.6) is 0 Å². The Morgan fingerprint density at radius 2 is 2.12 bits per heavy atom. The molecular formula is C14H12O2. The number of benzene rings is 1. The summed E-state index contributed by atoms with van der Waals surface area (Å²) in [5.41, 5.74) is 1.68. The van der Waals surface area contributed by atoms with Crippen LogP contribution in [0.2, 0.25) is 0 Å². The van der Waals surface area contributed by atoms with E-state index >= 15 is 0 Å². The highest BCUT2D eigenvalue weighted by Crippen LogP contribution is 2.25. The zero-order chi connectivity index (χ0) is 11.0. The summed E-state index contributed by atoms with van der Waals surface area (Å²) < 4.78 is 5.55. The molecule has 3 rings (SSSR count). The molecule has 0 N–H and O–H groups in total. The van der Waals surface area contributed by atoms with Crippen molar-refractivity contribution in [2.75, 3.05) is 0 Å². The molecule has 80 valence electrons. The minimum Gasteiger partial charge on any atom is -0.453 e. The van der Waals surface area contributed by atoms with Gasteiger partial charge in [-0.05, 0) is 37.0 Å². The predicted octanol–water partition coefficient (Wildman–Crippen LogP) is 3.73. The quantitative estimate of drug-likeness (QED) is 0.710. The summed E-state index contributed by atoms with van der Waals surface area (Å²) in [5, 5.41) is 0.990. The molecule has 1 aliphatic carbocycles. The number of Topliss-reactive ketones (excluding diaryl/α,β-unsaturated/α-hetero) is 1. The summed E-state index contributed by atoms with van der Waals surface area (Å²) in [4.78, 5) is 12.1. The normalized spacial score (nSPS) is 15.4. The number of ketones is 1. The van der Waals surface area contributed by atoms with Crippen LogP contribution in [0.4, 0.5) is 0 Å². The van der Waals surface area contributed by atoms with Gasteiger partial charge in [-0.1, -0.05) is 24.3 Å². The van der Waals surface area contributed by atoms with E-state index in [-0.39, 0.29) is 5.78 Å². The van der Waals surface area contributed by atoms with Crippen molar-refractivity contribution < 1.29 is 9.21 Å². The number of hydrogen-bond acceptors (Lipinski definition) is 2. The first-order chi connectivity index (χ1) is 7.84. The maximum absolute atomic E-state index is 12.1. The fourth-order valence-electron chi connectivity index (χ4n) is 2.13. The van der Waals surface area contributed by atoms with Crippen LogP contribution < -0.4 is 0 Å². The van der Waals surface area contributed by atoms with E-state index in [1.165, 1.54) is 0 Å². The Bertz CT molecular complexity index is 542. The Balaban J connectivity index is 2.02. The van der Waals surface area contributed by atoms with E-state index in [9.17, 15) is 4.79 Å². The van der Waals surface area contributed by atoms with Gasteiger partial charge in [0.25, 0.3) is 0 Å². The van der Waals surface area contributed by atoms with Crippen LogP contribution >= 0.6 is 0 Å². The highest BCUT2D eigenvalue weighted by Gasteiger charge is 2.18. The second-order valence-electron chi connectivity index (χ2n) is 4.10. The summed E-state index contributed by atoms with van der Waals surface area (Å²) in [6.45, 7) is 0. The second-order valence-corrected chi connectivity index (χ2v) is 4.10. The second kappa shape index (κ2) is 3.63. The molecular weight excluding hydrogens is 200 g/mol. The molecule has 0 spiro atoms. The van der Waals surface area contributed by atoms with Crippen LogP contribution in [-0.4, -0.2) is 5.78 Å². The highest BCUT2D eigenvalue weighted by molar-refractivity contribution is 6.08. The smallest absolute Gasteiger partial charge is 0.223 e. The van der Waals surface area contributed by atoms with Gasteiger partial charge in [0, 0.05) is 5.39 Å². The number of carbonyl (C=O) groups excluding carboxylic acids is 1. The Morgan fingerprint density at radius 3 is 2.88 bits per heavy atom. The molecule has 0 fully saturated rings. The highest BCUT2D eigenvalue weighted by atomic mass is 16.3. The third kappa shape index (κ3) is 1.47. The molecule has 0 unspecified atom stereocenters. The fourth-order valence-corrected chi connectivity index (χ4v) is 2.13. The monoisotopic (exact) mass is 212 g/mol. The number of carbonyl (C=O) groups is 1. The summed E-state index contributed by atoms with van der Waals surface area (Å²) >= 11 is 0. The van der Waals surface area contributed by atoms with Crippen molar-refractivity contribution in [3.8, 4) is 0 Å². The molecule has 0 saturated carbocycles. The number of furan rings is 1. The average Bonchev–Trinajstić information content (AvgIpc) is 2.97. The number of rotatable bonds is 2. The van der Waals surface area contributed by atoms with E-state index in [1.807, 2.05) is 36.4 Å². The topological polar surface area (TPSA) is 30.2 Å². The lowest BCUT2D eigenvalue weighted by Gasteiger charge is -1.95. The van der Waals surface area contributed by atoms with Crippen molar-refractivity contribution >= 4 is 16.8 Å². The lowest BCUT2D eigenvalue weighted by Crippen LogP contribution is -1.99. The first-order valence-corrected chi connectivity index (χ1v) is 5.57. The third-order valence-corrected chi connectivity index (χ3v) is 2.98. The molecule has 0 saturated heterocycles. The lowest BCUT2D eigenvalue weighted by atomic mass is 10.1. The van der Waals surface area contributed by atoms with Crippen molar-refractivity contribution in [2.24, 2.45) is 0 Å². The van der Waals surface area contributed by atoms with Crippen LogP contribution in [0.1, 0.15) is 29.8 Å². The predicted molar refractivity (Wildman–Crippen MR) is 62.5 cm³/mol. The molecule has 2 nitrogen and oxygen atoms in total. The number of allylic oxidation sites excluding steroid dienone is 2. The maximum atomic E-state index is 12.1. The van der Waals surface area contributed by atoms with Crippen molar-refractivity contribution in [1.29, 1.82) is 0 Å². The van der Waals surface area contributed by atoms with Crippen LogP contribution in [0, 0.1) is 0 Å². The van der Waals surface area contributed by atoms with Gasteiger partial charge in [-0.25, -0.2) is 0 Å². The largest absolute Gasteiger partial charge is 0.453 e. The fraction of sp³-hybridized carbons (Fsp3) is 0.214. The molecule has 1 aliphatic rings. The summed E-state index contributed by atoms with van der Waals surface area (Å²) in [6.07, 6.45) is 5.01. The van der Waals surface area contributed by atoms with Gasteiger partial charge in [0.05, 0.1) is 0 Å². The lowest BCUT2D eigenvalue weighted by molar-refractivity contribution is 0.100. The van der Waals surface area contributed by atoms with Crippen LogP contribution in [-0.2, 0) is 0 Å². The van der Waals surface area contributed by atoms with Crippen molar-refractivity contribution in [2.45, 2.75) is 19.3 Å². The van der Waals surface area contributed by atoms with Gasteiger partial charge in [0.1, 0.15) is 5.58 Å². The zero-order valence-electron chi connectivity index (χ0n) is 8.90. The number of hydrogen-bond donors (Lipinski definition) is 0. The third-order valence-electron chi connectivity index (χ3n) is 2.98. The van der Waals surface area contributed by atoms with E-state index in [1.54, 1.807) is 0 Å². The van der Waals surface area contributed by atoms with E-state index < -0.39 is 0 Å². The van der Waals surface area contributed by atoms with Crippen molar-refractivity contribution in [3.63, 3.8) is 0 Å². The van der Waals surface area contributed by atoms with Crippen molar-refractivity contribution in [1.82, 2.24) is 0 Å². The first kappa shape index (κ1) is 9.40. The van der Waals surface area contributed by atoms with Gasteiger partial charge in [-0.3, -0.25) is 4.79 Å². The summed E-state index contributed by atoms with van der Waals surface area (Å²) in [5.74, 6) is 0.517. The minimum absolute atomic E-state index is 0.0497.